The largest absolute Gasteiger partial charge is 0.353 e. The molecule has 26 heavy (non-hydrogen) atoms. The van der Waals surface area contributed by atoms with E-state index in [0.29, 0.717) is 25.4 Å². The molecule has 6 heteroatoms. The summed E-state index contributed by atoms with van der Waals surface area (Å²) in [5.74, 6) is 0.0601. The molecule has 6 nitrogen and oxygen atoms in total. The molecule has 2 rings (SSSR count). The third-order valence-electron chi connectivity index (χ3n) is 5.41. The molecular formula is C20H34N4O2. The van der Waals surface area contributed by atoms with Crippen LogP contribution in [0.5, 0.6) is 0 Å². The van der Waals surface area contributed by atoms with E-state index >= 15 is 0 Å². The van der Waals surface area contributed by atoms with Crippen molar-refractivity contribution >= 4 is 11.8 Å². The minimum atomic E-state index is 0.0169. The van der Waals surface area contributed by atoms with Crippen LogP contribution in [0.15, 0.2) is 0 Å². The van der Waals surface area contributed by atoms with E-state index in [1.54, 1.807) is 4.90 Å². The summed E-state index contributed by atoms with van der Waals surface area (Å²) >= 11 is 0. The van der Waals surface area contributed by atoms with E-state index in [9.17, 15) is 9.59 Å². The zero-order chi connectivity index (χ0) is 18.9. The van der Waals surface area contributed by atoms with E-state index in [-0.39, 0.29) is 11.8 Å². The second-order valence-electron chi connectivity index (χ2n) is 7.59. The summed E-state index contributed by atoms with van der Waals surface area (Å²) in [7, 11) is 1.82. The highest BCUT2D eigenvalue weighted by Crippen LogP contribution is 2.17. The zero-order valence-electron chi connectivity index (χ0n) is 16.6. The monoisotopic (exact) mass is 362 g/mol. The lowest BCUT2D eigenvalue weighted by Crippen LogP contribution is -2.35. The van der Waals surface area contributed by atoms with Crippen LogP contribution in [0.2, 0.25) is 0 Å². The van der Waals surface area contributed by atoms with Gasteiger partial charge in [0.15, 0.2) is 0 Å². The van der Waals surface area contributed by atoms with E-state index in [0.717, 1.165) is 37.1 Å². The molecule has 1 aliphatic carbocycles. The van der Waals surface area contributed by atoms with Gasteiger partial charge in [-0.25, -0.2) is 0 Å². The molecule has 1 aromatic rings. The molecule has 0 spiro atoms. The number of hydrogen-bond donors (Lipinski definition) is 2. The summed E-state index contributed by atoms with van der Waals surface area (Å²) in [6.07, 6.45) is 9.48. The summed E-state index contributed by atoms with van der Waals surface area (Å²) in [6.45, 7) is 4.73. The van der Waals surface area contributed by atoms with Gasteiger partial charge in [-0.15, -0.1) is 0 Å². The maximum atomic E-state index is 12.2. The Bertz CT molecular complexity index is 569. The number of H-pyrrole nitrogens is 1. The van der Waals surface area contributed by atoms with Crippen molar-refractivity contribution in [2.75, 3.05) is 13.6 Å². The highest BCUT2D eigenvalue weighted by atomic mass is 16.2. The fourth-order valence-electron chi connectivity index (χ4n) is 3.69. The molecule has 146 valence electrons. The van der Waals surface area contributed by atoms with Crippen molar-refractivity contribution in [1.29, 1.82) is 0 Å². The predicted octanol–water partition coefficient (Wildman–Crippen LogP) is 3.04. The first-order valence-electron chi connectivity index (χ1n) is 10.0. The molecule has 0 radical (unpaired) electrons. The Morgan fingerprint density at radius 1 is 1.15 bits per heavy atom. The van der Waals surface area contributed by atoms with Gasteiger partial charge >= 0.3 is 0 Å². The Morgan fingerprint density at radius 3 is 2.46 bits per heavy atom. The van der Waals surface area contributed by atoms with Crippen LogP contribution in [0, 0.1) is 13.8 Å². The number of carbonyl (C=O) groups is 2. The molecule has 0 saturated heterocycles. The summed E-state index contributed by atoms with van der Waals surface area (Å²) in [4.78, 5) is 26.1. The first-order chi connectivity index (χ1) is 12.5. The predicted molar refractivity (Wildman–Crippen MR) is 103 cm³/mol. The van der Waals surface area contributed by atoms with Crippen LogP contribution in [0.4, 0.5) is 0 Å². The van der Waals surface area contributed by atoms with Gasteiger partial charge in [0.05, 0.1) is 5.69 Å². The van der Waals surface area contributed by atoms with Gasteiger partial charge in [-0.1, -0.05) is 25.7 Å². The SMILES string of the molecule is Cc1n[nH]c(C)c1CCCN(C)C(=O)CCC(=O)NC1CCCCCC1. The van der Waals surface area contributed by atoms with Crippen LogP contribution in [0.3, 0.4) is 0 Å². The number of aromatic amines is 1. The second-order valence-corrected chi connectivity index (χ2v) is 7.59. The molecule has 0 atom stereocenters. The molecule has 1 heterocycles. The fourth-order valence-corrected chi connectivity index (χ4v) is 3.69. The highest BCUT2D eigenvalue weighted by molar-refractivity contribution is 5.83. The lowest BCUT2D eigenvalue weighted by Gasteiger charge is -2.18. The van der Waals surface area contributed by atoms with Crippen molar-refractivity contribution < 1.29 is 9.59 Å². The van der Waals surface area contributed by atoms with Crippen LogP contribution in [0.25, 0.3) is 0 Å². The third kappa shape index (κ3) is 6.46. The second kappa shape index (κ2) is 10.3. The van der Waals surface area contributed by atoms with E-state index in [1.165, 1.54) is 31.2 Å². The number of rotatable bonds is 8. The minimum absolute atomic E-state index is 0.0169. The molecule has 0 unspecified atom stereocenters. The van der Waals surface area contributed by atoms with E-state index in [4.69, 9.17) is 0 Å². The van der Waals surface area contributed by atoms with Crippen LogP contribution >= 0.6 is 0 Å². The zero-order valence-corrected chi connectivity index (χ0v) is 16.6. The molecule has 2 N–H and O–H groups in total. The average molecular weight is 363 g/mol. The molecular weight excluding hydrogens is 328 g/mol. The van der Waals surface area contributed by atoms with Gasteiger partial charge < -0.3 is 10.2 Å². The lowest BCUT2D eigenvalue weighted by atomic mass is 10.1. The summed E-state index contributed by atoms with van der Waals surface area (Å²) in [6, 6.07) is 0.305. The fraction of sp³-hybridized carbons (Fsp3) is 0.750. The van der Waals surface area contributed by atoms with Crippen LogP contribution < -0.4 is 5.32 Å². The van der Waals surface area contributed by atoms with Crippen molar-refractivity contribution in [2.45, 2.75) is 84.1 Å². The average Bonchev–Trinajstić information content (AvgIpc) is 2.81. The minimum Gasteiger partial charge on any atom is -0.353 e. The Morgan fingerprint density at radius 2 is 1.85 bits per heavy atom. The Labute approximate surface area is 157 Å². The van der Waals surface area contributed by atoms with Crippen molar-refractivity contribution in [2.24, 2.45) is 0 Å². The maximum absolute atomic E-state index is 12.2. The van der Waals surface area contributed by atoms with Gasteiger partial charge in [-0.3, -0.25) is 14.7 Å². The highest BCUT2D eigenvalue weighted by Gasteiger charge is 2.16. The first-order valence-corrected chi connectivity index (χ1v) is 10.0. The summed E-state index contributed by atoms with van der Waals surface area (Å²) in [5, 5.41) is 10.3. The van der Waals surface area contributed by atoms with Gasteiger partial charge in [-0.05, 0) is 45.1 Å². The van der Waals surface area contributed by atoms with E-state index < -0.39 is 0 Å². The van der Waals surface area contributed by atoms with Crippen molar-refractivity contribution in [1.82, 2.24) is 20.4 Å². The standard InChI is InChI=1S/C20H34N4O2/c1-15-18(16(2)23-22-15)11-8-14-24(3)20(26)13-12-19(25)21-17-9-6-4-5-7-10-17/h17H,4-14H2,1-3H3,(H,21,25)(H,22,23). The molecule has 1 aromatic heterocycles. The molecule has 1 saturated carbocycles. The number of carbonyl (C=O) groups excluding carboxylic acids is 2. The Balaban J connectivity index is 1.64. The number of hydrogen-bond acceptors (Lipinski definition) is 3. The van der Waals surface area contributed by atoms with Gasteiger partial charge in [0, 0.05) is 38.2 Å². The molecule has 0 aliphatic heterocycles. The summed E-state index contributed by atoms with van der Waals surface area (Å²) < 4.78 is 0. The van der Waals surface area contributed by atoms with Crippen LogP contribution in [0.1, 0.15) is 74.7 Å². The Hall–Kier alpha value is -1.85. The maximum Gasteiger partial charge on any atom is 0.222 e. The summed E-state index contributed by atoms with van der Waals surface area (Å²) in [5.41, 5.74) is 3.38. The Kier molecular flexibility index (Phi) is 8.13. The topological polar surface area (TPSA) is 78.1 Å². The van der Waals surface area contributed by atoms with Crippen molar-refractivity contribution in [3.8, 4) is 0 Å². The normalized spacial score (nSPS) is 15.5. The van der Waals surface area contributed by atoms with Crippen LogP contribution in [-0.2, 0) is 16.0 Å². The smallest absolute Gasteiger partial charge is 0.222 e. The third-order valence-corrected chi connectivity index (χ3v) is 5.41. The van der Waals surface area contributed by atoms with Crippen molar-refractivity contribution in [3.05, 3.63) is 17.0 Å². The van der Waals surface area contributed by atoms with Gasteiger partial charge in [0.25, 0.3) is 0 Å². The van der Waals surface area contributed by atoms with Crippen LogP contribution in [-0.4, -0.2) is 46.5 Å². The molecule has 0 aromatic carbocycles. The molecule has 1 fully saturated rings. The number of nitrogens with one attached hydrogen (secondary N) is 2. The van der Waals surface area contributed by atoms with E-state index in [2.05, 4.69) is 15.5 Å². The number of nitrogens with zero attached hydrogens (tertiary/aromatic N) is 2. The number of aryl methyl sites for hydroxylation is 2. The van der Waals surface area contributed by atoms with Gasteiger partial charge in [0.2, 0.25) is 11.8 Å². The first kappa shape index (κ1) is 20.5. The molecule has 1 aliphatic rings. The number of amides is 2. The van der Waals surface area contributed by atoms with Crippen molar-refractivity contribution in [3.63, 3.8) is 0 Å². The molecule has 0 bridgehead atoms. The number of aromatic nitrogens is 2. The quantitative estimate of drug-likeness (QED) is 0.698. The van der Waals surface area contributed by atoms with E-state index in [1.807, 2.05) is 20.9 Å². The van der Waals surface area contributed by atoms with Gasteiger partial charge in [0.1, 0.15) is 0 Å². The lowest BCUT2D eigenvalue weighted by molar-refractivity contribution is -0.132. The van der Waals surface area contributed by atoms with Gasteiger partial charge in [-0.2, -0.15) is 5.10 Å². The molecule has 2 amide bonds.